The summed E-state index contributed by atoms with van der Waals surface area (Å²) in [6.45, 7) is 6.72. The molecule has 3 aromatic heterocycles. The van der Waals surface area contributed by atoms with Gasteiger partial charge in [-0.1, -0.05) is 11.6 Å². The Kier molecular flexibility index (Phi) is 5.68. The molecule has 0 spiro atoms. The highest BCUT2D eigenvalue weighted by atomic mass is 35.5. The standard InChI is InChI=1S/C24H25ClN6O/c1-17-12-22(32-2)20(25)14-19(17)21-15-31-7-4-18(13-24(31)28-21)30-10-8-29(9-11-30)16-23-26-5-3-6-27-23/h3-7,12-15H,8-11,16H2,1-2H3. The number of piperazine rings is 1. The lowest BCUT2D eigenvalue weighted by Gasteiger charge is -2.35. The zero-order valence-corrected chi connectivity index (χ0v) is 19.0. The number of fused-ring (bicyclic) bond motifs is 1. The summed E-state index contributed by atoms with van der Waals surface area (Å²) in [6, 6.07) is 10.0. The first-order valence-corrected chi connectivity index (χ1v) is 11.0. The van der Waals surface area contributed by atoms with Crippen molar-refractivity contribution in [2.75, 3.05) is 38.2 Å². The minimum atomic E-state index is 0.588. The number of aryl methyl sites for hydroxylation is 1. The molecule has 0 atom stereocenters. The quantitative estimate of drug-likeness (QED) is 0.458. The van der Waals surface area contributed by atoms with Gasteiger partial charge in [0.1, 0.15) is 17.2 Å². The third-order valence-electron chi connectivity index (χ3n) is 5.94. The van der Waals surface area contributed by atoms with Crippen molar-refractivity contribution < 1.29 is 4.74 Å². The SMILES string of the molecule is COc1cc(C)c(-c2cn3ccc(N4CCN(Cc5ncccn5)CC4)cc3n2)cc1Cl. The summed E-state index contributed by atoms with van der Waals surface area (Å²) in [5.41, 5.74) is 5.10. The molecule has 0 bridgehead atoms. The molecule has 1 fully saturated rings. The van der Waals surface area contributed by atoms with Crippen LogP contribution in [0, 0.1) is 6.92 Å². The molecule has 1 aromatic carbocycles. The number of hydrogen-bond donors (Lipinski definition) is 0. The minimum Gasteiger partial charge on any atom is -0.495 e. The number of nitrogens with zero attached hydrogens (tertiary/aromatic N) is 6. The van der Waals surface area contributed by atoms with E-state index in [1.807, 2.05) is 31.3 Å². The van der Waals surface area contributed by atoms with Crippen LogP contribution in [0.25, 0.3) is 16.9 Å². The van der Waals surface area contributed by atoms with Crippen molar-refractivity contribution in [2.24, 2.45) is 0 Å². The van der Waals surface area contributed by atoms with Gasteiger partial charge in [0.05, 0.1) is 24.4 Å². The number of ether oxygens (including phenoxy) is 1. The number of hydrogen-bond acceptors (Lipinski definition) is 6. The number of imidazole rings is 1. The number of benzene rings is 1. The summed E-state index contributed by atoms with van der Waals surface area (Å²) in [5.74, 6) is 1.55. The Hall–Kier alpha value is -3.16. The average molecular weight is 449 g/mol. The largest absolute Gasteiger partial charge is 0.495 e. The fraction of sp³-hybridized carbons (Fsp3) is 0.292. The van der Waals surface area contributed by atoms with E-state index in [4.69, 9.17) is 21.3 Å². The molecule has 1 aliphatic heterocycles. The third-order valence-corrected chi connectivity index (χ3v) is 6.24. The Morgan fingerprint density at radius 3 is 2.59 bits per heavy atom. The molecule has 7 nitrogen and oxygen atoms in total. The molecule has 4 aromatic rings. The molecule has 1 aliphatic rings. The zero-order valence-electron chi connectivity index (χ0n) is 18.2. The van der Waals surface area contributed by atoms with Gasteiger partial charge in [0.15, 0.2) is 0 Å². The number of rotatable bonds is 5. The van der Waals surface area contributed by atoms with E-state index in [2.05, 4.69) is 42.5 Å². The second-order valence-corrected chi connectivity index (χ2v) is 8.41. The summed E-state index contributed by atoms with van der Waals surface area (Å²) < 4.78 is 7.38. The molecular weight excluding hydrogens is 424 g/mol. The van der Waals surface area contributed by atoms with Crippen molar-refractivity contribution in [1.82, 2.24) is 24.3 Å². The first-order chi connectivity index (χ1) is 15.6. The highest BCUT2D eigenvalue weighted by molar-refractivity contribution is 6.32. The lowest BCUT2D eigenvalue weighted by Crippen LogP contribution is -2.46. The van der Waals surface area contributed by atoms with Crippen LogP contribution < -0.4 is 9.64 Å². The van der Waals surface area contributed by atoms with E-state index < -0.39 is 0 Å². The lowest BCUT2D eigenvalue weighted by molar-refractivity contribution is 0.244. The van der Waals surface area contributed by atoms with Crippen molar-refractivity contribution in [1.29, 1.82) is 0 Å². The van der Waals surface area contributed by atoms with Gasteiger partial charge in [0, 0.05) is 68.3 Å². The normalized spacial score (nSPS) is 14.8. The second-order valence-electron chi connectivity index (χ2n) is 8.01. The fourth-order valence-corrected chi connectivity index (χ4v) is 4.40. The highest BCUT2D eigenvalue weighted by Gasteiger charge is 2.19. The summed E-state index contributed by atoms with van der Waals surface area (Å²) in [7, 11) is 1.63. The van der Waals surface area contributed by atoms with E-state index in [-0.39, 0.29) is 0 Å². The van der Waals surface area contributed by atoms with Crippen molar-refractivity contribution in [3.63, 3.8) is 0 Å². The van der Waals surface area contributed by atoms with Crippen LogP contribution in [0.4, 0.5) is 5.69 Å². The van der Waals surface area contributed by atoms with E-state index in [0.717, 1.165) is 61.0 Å². The van der Waals surface area contributed by atoms with Crippen LogP contribution in [0.2, 0.25) is 5.02 Å². The topological polar surface area (TPSA) is 58.8 Å². The predicted octanol–water partition coefficient (Wildman–Crippen LogP) is 4.08. The molecule has 5 rings (SSSR count). The fourth-order valence-electron chi connectivity index (χ4n) is 4.16. The van der Waals surface area contributed by atoms with Crippen molar-refractivity contribution >= 4 is 22.9 Å². The molecule has 0 radical (unpaired) electrons. The van der Waals surface area contributed by atoms with E-state index >= 15 is 0 Å². The smallest absolute Gasteiger partial charge is 0.142 e. The molecular formula is C24H25ClN6O. The van der Waals surface area contributed by atoms with Crippen molar-refractivity contribution in [3.8, 4) is 17.0 Å². The van der Waals surface area contributed by atoms with Crippen LogP contribution in [0.3, 0.4) is 0 Å². The van der Waals surface area contributed by atoms with Gasteiger partial charge in [-0.15, -0.1) is 0 Å². The number of halogens is 1. The maximum Gasteiger partial charge on any atom is 0.142 e. The molecule has 1 saturated heterocycles. The second kappa shape index (κ2) is 8.76. The predicted molar refractivity (Wildman–Crippen MR) is 126 cm³/mol. The molecule has 0 unspecified atom stereocenters. The molecule has 0 N–H and O–H groups in total. The first-order valence-electron chi connectivity index (χ1n) is 10.7. The van der Waals surface area contributed by atoms with Gasteiger partial charge in [0.2, 0.25) is 0 Å². The summed E-state index contributed by atoms with van der Waals surface area (Å²) in [6.07, 6.45) is 7.72. The number of aromatic nitrogens is 4. The van der Waals surface area contributed by atoms with Gasteiger partial charge >= 0.3 is 0 Å². The maximum atomic E-state index is 6.36. The van der Waals surface area contributed by atoms with Gasteiger partial charge < -0.3 is 14.0 Å². The van der Waals surface area contributed by atoms with E-state index in [0.29, 0.717) is 10.8 Å². The number of anilines is 1. The Labute approximate surface area is 192 Å². The Bertz CT molecular complexity index is 1230. The average Bonchev–Trinajstić information content (AvgIpc) is 3.24. The van der Waals surface area contributed by atoms with Gasteiger partial charge in [-0.3, -0.25) is 4.90 Å². The highest BCUT2D eigenvalue weighted by Crippen LogP contribution is 2.33. The Balaban J connectivity index is 1.32. The monoisotopic (exact) mass is 448 g/mol. The van der Waals surface area contributed by atoms with Crippen LogP contribution in [0.15, 0.2) is 55.1 Å². The van der Waals surface area contributed by atoms with E-state index in [1.165, 1.54) is 5.69 Å². The molecule has 8 heteroatoms. The van der Waals surface area contributed by atoms with Crippen molar-refractivity contribution in [2.45, 2.75) is 13.5 Å². The van der Waals surface area contributed by atoms with Gasteiger partial charge in [-0.25, -0.2) is 15.0 Å². The molecule has 164 valence electrons. The van der Waals surface area contributed by atoms with Gasteiger partial charge in [-0.2, -0.15) is 0 Å². The van der Waals surface area contributed by atoms with Gasteiger partial charge in [0.25, 0.3) is 0 Å². The number of methoxy groups -OCH3 is 1. The molecule has 0 aliphatic carbocycles. The van der Waals surface area contributed by atoms with Gasteiger partial charge in [-0.05, 0) is 36.8 Å². The van der Waals surface area contributed by atoms with Crippen LogP contribution in [0.5, 0.6) is 5.75 Å². The van der Waals surface area contributed by atoms with Crippen LogP contribution >= 0.6 is 11.6 Å². The van der Waals surface area contributed by atoms with Crippen LogP contribution in [0.1, 0.15) is 11.4 Å². The Morgan fingerprint density at radius 1 is 1.06 bits per heavy atom. The Morgan fingerprint density at radius 2 is 1.84 bits per heavy atom. The minimum absolute atomic E-state index is 0.588. The molecule has 0 saturated carbocycles. The lowest BCUT2D eigenvalue weighted by atomic mass is 10.1. The third kappa shape index (κ3) is 4.13. The molecule has 0 amide bonds. The van der Waals surface area contributed by atoms with Crippen molar-refractivity contribution in [3.05, 3.63) is 71.5 Å². The summed E-state index contributed by atoms with van der Waals surface area (Å²) in [5, 5.41) is 0.588. The van der Waals surface area contributed by atoms with Crippen LogP contribution in [-0.2, 0) is 6.54 Å². The zero-order chi connectivity index (χ0) is 22.1. The maximum absolute atomic E-state index is 6.36. The first kappa shape index (κ1) is 20.7. The number of pyridine rings is 1. The molecule has 32 heavy (non-hydrogen) atoms. The summed E-state index contributed by atoms with van der Waals surface area (Å²) in [4.78, 5) is 18.4. The van der Waals surface area contributed by atoms with E-state index in [9.17, 15) is 0 Å². The van der Waals surface area contributed by atoms with E-state index in [1.54, 1.807) is 19.5 Å². The summed E-state index contributed by atoms with van der Waals surface area (Å²) >= 11 is 6.36. The van der Waals surface area contributed by atoms with Crippen LogP contribution in [-0.4, -0.2) is 57.5 Å². The molecule has 4 heterocycles.